The Morgan fingerprint density at radius 1 is 1.32 bits per heavy atom. The number of anilines is 1. The van der Waals surface area contributed by atoms with Crippen molar-refractivity contribution >= 4 is 40.1 Å². The molecule has 0 bridgehead atoms. The number of benzene rings is 1. The molecule has 1 aromatic carbocycles. The van der Waals surface area contributed by atoms with Gasteiger partial charge in [0.1, 0.15) is 11.1 Å². The summed E-state index contributed by atoms with van der Waals surface area (Å²) < 4.78 is 12.9. The van der Waals surface area contributed by atoms with Crippen molar-refractivity contribution in [1.82, 2.24) is 5.32 Å². The number of thioether (sulfide) groups is 1. The molecule has 1 aromatic rings. The summed E-state index contributed by atoms with van der Waals surface area (Å²) in [4.78, 5) is 24.0. The van der Waals surface area contributed by atoms with Crippen molar-refractivity contribution in [3.63, 3.8) is 0 Å². The maximum Gasteiger partial charge on any atom is 0.240 e. The molecule has 8 heteroatoms. The van der Waals surface area contributed by atoms with Gasteiger partial charge in [0, 0.05) is 23.2 Å². The predicted molar refractivity (Wildman–Crippen MR) is 99.2 cm³/mol. The summed E-state index contributed by atoms with van der Waals surface area (Å²) in [6, 6.07) is 5.44. The summed E-state index contributed by atoms with van der Waals surface area (Å²) in [7, 11) is 0. The van der Waals surface area contributed by atoms with Crippen LogP contribution in [0.4, 0.5) is 10.1 Å². The fourth-order valence-corrected chi connectivity index (χ4v) is 2.69. The van der Waals surface area contributed by atoms with Crippen molar-refractivity contribution in [3.05, 3.63) is 30.1 Å². The zero-order valence-corrected chi connectivity index (χ0v) is 15.4. The van der Waals surface area contributed by atoms with E-state index in [9.17, 15) is 14.0 Å². The van der Waals surface area contributed by atoms with Crippen LogP contribution in [0.5, 0.6) is 0 Å². The number of hydrogen-bond acceptors (Lipinski definition) is 5. The van der Waals surface area contributed by atoms with E-state index in [1.54, 1.807) is 0 Å². The molecular formula is C17H21FN4O2S. The second-order valence-electron chi connectivity index (χ2n) is 6.70. The average molecular weight is 364 g/mol. The molecule has 25 heavy (non-hydrogen) atoms. The molecule has 0 saturated carbocycles. The Balaban J connectivity index is 1.94. The van der Waals surface area contributed by atoms with Crippen molar-refractivity contribution in [2.75, 3.05) is 5.32 Å². The first-order chi connectivity index (χ1) is 11.6. The van der Waals surface area contributed by atoms with Gasteiger partial charge in [-0.25, -0.2) is 4.39 Å². The Morgan fingerprint density at radius 3 is 2.56 bits per heavy atom. The van der Waals surface area contributed by atoms with Crippen molar-refractivity contribution in [1.29, 1.82) is 0 Å². The van der Waals surface area contributed by atoms with Crippen LogP contribution in [0.2, 0.25) is 0 Å². The van der Waals surface area contributed by atoms with E-state index >= 15 is 0 Å². The van der Waals surface area contributed by atoms with Gasteiger partial charge in [0.15, 0.2) is 5.17 Å². The van der Waals surface area contributed by atoms with Gasteiger partial charge in [-0.1, -0.05) is 32.5 Å². The number of amides is 2. The highest BCUT2D eigenvalue weighted by molar-refractivity contribution is 8.15. The average Bonchev–Trinajstić information content (AvgIpc) is 2.86. The standard InChI is InChI=1S/C17H21FN4O2S/c1-10(17(2,3)4)21-22-16-20-15(24)13(25-16)9-14(23)19-12-7-5-11(18)6-8-12/h5-8,13H,9H2,1-4H3,(H,19,23)(H,20,22,24). The van der Waals surface area contributed by atoms with Crippen molar-refractivity contribution in [2.24, 2.45) is 15.6 Å². The minimum atomic E-state index is -0.565. The smallest absolute Gasteiger partial charge is 0.240 e. The number of carbonyl (C=O) groups is 2. The predicted octanol–water partition coefficient (Wildman–Crippen LogP) is 3.16. The topological polar surface area (TPSA) is 82.9 Å². The fraction of sp³-hybridized carbons (Fsp3) is 0.412. The number of amidine groups is 1. The summed E-state index contributed by atoms with van der Waals surface area (Å²) in [5.74, 6) is -0.979. The van der Waals surface area contributed by atoms with E-state index in [1.165, 1.54) is 36.0 Å². The molecule has 1 fully saturated rings. The van der Waals surface area contributed by atoms with Gasteiger partial charge in [0.2, 0.25) is 11.8 Å². The van der Waals surface area contributed by atoms with E-state index in [1.807, 2.05) is 27.7 Å². The third-order valence-electron chi connectivity index (χ3n) is 3.65. The molecule has 0 aromatic heterocycles. The SMILES string of the molecule is CC(=N/N=C1/NC(=O)C(CC(=O)Nc2ccc(F)cc2)S1)C(C)(C)C. The Hall–Kier alpha value is -2.22. The molecular weight excluding hydrogens is 343 g/mol. The number of hydrogen-bond donors (Lipinski definition) is 2. The quantitative estimate of drug-likeness (QED) is 0.636. The van der Waals surface area contributed by atoms with Crippen molar-refractivity contribution < 1.29 is 14.0 Å². The van der Waals surface area contributed by atoms with Crippen LogP contribution in [-0.2, 0) is 9.59 Å². The van der Waals surface area contributed by atoms with E-state index in [2.05, 4.69) is 20.8 Å². The van der Waals surface area contributed by atoms with Gasteiger partial charge in [0.25, 0.3) is 0 Å². The molecule has 2 N–H and O–H groups in total. The molecule has 1 atom stereocenters. The summed E-state index contributed by atoms with van der Waals surface area (Å²) in [5.41, 5.74) is 1.22. The van der Waals surface area contributed by atoms with Gasteiger partial charge in [-0.15, -0.1) is 5.10 Å². The monoisotopic (exact) mass is 364 g/mol. The first-order valence-corrected chi connectivity index (χ1v) is 8.69. The molecule has 2 amide bonds. The number of nitrogens with zero attached hydrogens (tertiary/aromatic N) is 2. The molecule has 1 saturated heterocycles. The highest BCUT2D eigenvalue weighted by Gasteiger charge is 2.32. The van der Waals surface area contributed by atoms with Gasteiger partial charge >= 0.3 is 0 Å². The number of halogens is 1. The second-order valence-corrected chi connectivity index (χ2v) is 7.89. The number of rotatable bonds is 4. The van der Waals surface area contributed by atoms with E-state index < -0.39 is 5.25 Å². The van der Waals surface area contributed by atoms with Crippen molar-refractivity contribution in [3.8, 4) is 0 Å². The van der Waals surface area contributed by atoms with E-state index in [0.717, 1.165) is 5.71 Å². The van der Waals surface area contributed by atoms with Crippen LogP contribution >= 0.6 is 11.8 Å². The molecule has 2 rings (SSSR count). The summed E-state index contributed by atoms with van der Waals surface area (Å²) in [6.45, 7) is 7.94. The Kier molecular flexibility index (Phi) is 5.94. The molecule has 6 nitrogen and oxygen atoms in total. The van der Waals surface area contributed by atoms with Crippen LogP contribution in [-0.4, -0.2) is 27.9 Å². The minimum absolute atomic E-state index is 0.00510. The first-order valence-electron chi connectivity index (χ1n) is 7.81. The van der Waals surface area contributed by atoms with Gasteiger partial charge in [-0.05, 0) is 31.2 Å². The lowest BCUT2D eigenvalue weighted by molar-refractivity contribution is -0.122. The van der Waals surface area contributed by atoms with Crippen LogP contribution in [0.3, 0.4) is 0 Å². The maximum absolute atomic E-state index is 12.9. The van der Waals surface area contributed by atoms with E-state index in [-0.39, 0.29) is 29.5 Å². The van der Waals surface area contributed by atoms with Gasteiger partial charge in [-0.2, -0.15) is 5.10 Å². The summed E-state index contributed by atoms with van der Waals surface area (Å²) in [5, 5.41) is 13.3. The molecule has 0 spiro atoms. The Bertz CT molecular complexity index is 723. The third-order valence-corrected chi connectivity index (χ3v) is 4.72. The van der Waals surface area contributed by atoms with Crippen LogP contribution < -0.4 is 10.6 Å². The lowest BCUT2D eigenvalue weighted by atomic mass is 9.91. The molecule has 1 aliphatic heterocycles. The summed E-state index contributed by atoms with van der Waals surface area (Å²) >= 11 is 1.17. The third kappa shape index (κ3) is 5.67. The Labute approximate surface area is 150 Å². The van der Waals surface area contributed by atoms with E-state index in [0.29, 0.717) is 10.9 Å². The zero-order chi connectivity index (χ0) is 18.6. The van der Waals surface area contributed by atoms with Crippen LogP contribution in [0.1, 0.15) is 34.1 Å². The Morgan fingerprint density at radius 2 is 1.96 bits per heavy atom. The molecule has 0 radical (unpaired) electrons. The van der Waals surface area contributed by atoms with Gasteiger partial charge in [0.05, 0.1) is 0 Å². The lowest BCUT2D eigenvalue weighted by Crippen LogP contribution is -2.28. The maximum atomic E-state index is 12.9. The normalized spacial score (nSPS) is 19.9. The molecule has 0 aliphatic carbocycles. The highest BCUT2D eigenvalue weighted by atomic mass is 32.2. The molecule has 1 aliphatic rings. The summed E-state index contributed by atoms with van der Waals surface area (Å²) in [6.07, 6.45) is -0.00510. The van der Waals surface area contributed by atoms with Gasteiger partial charge < -0.3 is 10.6 Å². The lowest BCUT2D eigenvalue weighted by Gasteiger charge is -2.16. The van der Waals surface area contributed by atoms with Crippen LogP contribution in [0.15, 0.2) is 34.5 Å². The van der Waals surface area contributed by atoms with Crippen LogP contribution in [0.25, 0.3) is 0 Å². The van der Waals surface area contributed by atoms with E-state index in [4.69, 9.17) is 0 Å². The minimum Gasteiger partial charge on any atom is -0.326 e. The largest absolute Gasteiger partial charge is 0.326 e. The number of carbonyl (C=O) groups excluding carboxylic acids is 2. The first kappa shape index (κ1) is 19.1. The van der Waals surface area contributed by atoms with Crippen LogP contribution in [0, 0.1) is 11.2 Å². The van der Waals surface area contributed by atoms with Crippen molar-refractivity contribution in [2.45, 2.75) is 39.4 Å². The highest BCUT2D eigenvalue weighted by Crippen LogP contribution is 2.24. The molecule has 1 heterocycles. The second kappa shape index (κ2) is 7.77. The van der Waals surface area contributed by atoms with Gasteiger partial charge in [-0.3, -0.25) is 9.59 Å². The zero-order valence-electron chi connectivity index (χ0n) is 14.6. The molecule has 134 valence electrons. The molecule has 1 unspecified atom stereocenters. The fourth-order valence-electron chi connectivity index (χ4n) is 1.77. The number of nitrogens with one attached hydrogen (secondary N) is 2.